The fourth-order valence-corrected chi connectivity index (χ4v) is 6.17. The van der Waals surface area contributed by atoms with Crippen molar-refractivity contribution in [1.29, 1.82) is 0 Å². The van der Waals surface area contributed by atoms with E-state index < -0.39 is 38.7 Å². The smallest absolute Gasteiger partial charge is 0.338 e. The average molecular weight is 671 g/mol. The van der Waals surface area contributed by atoms with Gasteiger partial charge in [-0.1, -0.05) is 113 Å². The van der Waals surface area contributed by atoms with Gasteiger partial charge < -0.3 is 29.2 Å². The Morgan fingerprint density at radius 3 is 1.69 bits per heavy atom. The molecule has 0 unspecified atom stereocenters. The van der Waals surface area contributed by atoms with E-state index in [1.54, 1.807) is 12.1 Å². The molecule has 0 saturated heterocycles. The van der Waals surface area contributed by atoms with Gasteiger partial charge in [-0.2, -0.15) is 0 Å². The molecule has 3 aromatic rings. The molecule has 0 atom stereocenters. The first-order chi connectivity index (χ1) is 23.8. The lowest BCUT2D eigenvalue weighted by Gasteiger charge is -2.29. The summed E-state index contributed by atoms with van der Waals surface area (Å²) in [4.78, 5) is 23.7. The quantitative estimate of drug-likeness (QED) is 0.0565. The topological polar surface area (TPSA) is 112 Å². The largest absolute Gasteiger partial charge is 0.453 e. The van der Waals surface area contributed by atoms with Gasteiger partial charge in [0.2, 0.25) is 13.6 Å². The Hall–Kier alpha value is -4.40. The van der Waals surface area contributed by atoms with Gasteiger partial charge in [0.1, 0.15) is 0 Å². The molecule has 262 valence electrons. The lowest BCUT2D eigenvalue weighted by Crippen LogP contribution is -2.15. The van der Waals surface area contributed by atoms with Gasteiger partial charge in [0.15, 0.2) is 11.5 Å². The number of aliphatic hydroxyl groups is 2. The summed E-state index contributed by atoms with van der Waals surface area (Å²) >= 11 is 0. The van der Waals surface area contributed by atoms with Crippen molar-refractivity contribution in [2.45, 2.75) is 77.0 Å². The summed E-state index contributed by atoms with van der Waals surface area (Å²) in [6.45, 7) is 7.15. The van der Waals surface area contributed by atoms with Crippen LogP contribution in [0.3, 0.4) is 0 Å². The minimum Gasteiger partial charge on any atom is -0.453 e. The summed E-state index contributed by atoms with van der Waals surface area (Å²) in [7, 11) is 0. The molecule has 0 heterocycles. The second-order valence-electron chi connectivity index (χ2n) is 12.7. The van der Waals surface area contributed by atoms with Gasteiger partial charge in [-0.25, -0.2) is 9.59 Å². The van der Waals surface area contributed by atoms with E-state index in [-0.39, 0.29) is 22.6 Å². The number of esters is 2. The van der Waals surface area contributed by atoms with E-state index in [0.717, 1.165) is 28.2 Å². The molecule has 1 fully saturated rings. The van der Waals surface area contributed by atoms with Crippen molar-refractivity contribution in [3.05, 3.63) is 96.6 Å². The minimum atomic E-state index is -0.794. The fraction of sp³-hybridized carbons (Fsp3) is 0.415. The summed E-state index contributed by atoms with van der Waals surface area (Å²) in [6, 6.07) is 22.5. The van der Waals surface area contributed by atoms with Crippen LogP contribution >= 0.6 is 0 Å². The molecule has 0 aromatic heterocycles. The number of rotatable bonds is 19. The van der Waals surface area contributed by atoms with E-state index in [4.69, 9.17) is 29.2 Å². The second-order valence-corrected chi connectivity index (χ2v) is 12.7. The number of carbonyl (C=O) groups excluding carboxylic acids is 2. The number of aliphatic hydroxyl groups excluding tert-OH is 2. The van der Waals surface area contributed by atoms with Crippen LogP contribution in [0.15, 0.2) is 91.0 Å². The molecule has 0 aliphatic heterocycles. The normalized spacial score (nSPS) is 15.7. The first kappa shape index (κ1) is 37.4. The Bertz CT molecular complexity index is 1520. The molecule has 1 saturated carbocycles. The summed E-state index contributed by atoms with van der Waals surface area (Å²) in [5.41, 5.74) is 5.25. The molecular weight excluding hydrogens is 620 g/mol. The van der Waals surface area contributed by atoms with Crippen LogP contribution in [0.5, 0.6) is 11.5 Å². The van der Waals surface area contributed by atoms with Gasteiger partial charge in [-0.3, -0.25) is 0 Å². The Balaban J connectivity index is 1.37. The van der Waals surface area contributed by atoms with Crippen LogP contribution in [0.25, 0.3) is 22.3 Å². The summed E-state index contributed by atoms with van der Waals surface area (Å²) < 4.78 is 21.3. The van der Waals surface area contributed by atoms with Crippen molar-refractivity contribution in [3.8, 4) is 33.8 Å². The number of hydrogen-bond donors (Lipinski definition) is 2. The number of unbranched alkanes of at least 4 members (excludes halogenated alkanes) is 4. The van der Waals surface area contributed by atoms with E-state index in [2.05, 4.69) is 56.5 Å². The standard InChI is InChI=1S/C41H50O8/c1-4-5-6-7-8-9-31-10-12-32(13-11-31)33-14-16-34(17-15-33)35-18-20-36(21-19-35)37-22-23-38(46-27-48-40(44)29(2)25-42)39(24-37)47-28-49-41(45)30(3)26-43/h14-24,31-32,42-43H,2-13,25-28H2,1H3. The van der Waals surface area contributed by atoms with Crippen molar-refractivity contribution < 1.29 is 38.7 Å². The molecule has 0 amide bonds. The third-order valence-electron chi connectivity index (χ3n) is 9.21. The maximum Gasteiger partial charge on any atom is 0.338 e. The van der Waals surface area contributed by atoms with Crippen LogP contribution in [0, 0.1) is 5.92 Å². The van der Waals surface area contributed by atoms with Crippen LogP contribution in [0.2, 0.25) is 0 Å². The number of carbonyl (C=O) groups is 2. The first-order valence-electron chi connectivity index (χ1n) is 17.3. The van der Waals surface area contributed by atoms with E-state index in [0.29, 0.717) is 5.92 Å². The Morgan fingerprint density at radius 1 is 0.653 bits per heavy atom. The van der Waals surface area contributed by atoms with Crippen LogP contribution in [0.4, 0.5) is 0 Å². The van der Waals surface area contributed by atoms with Crippen molar-refractivity contribution in [2.24, 2.45) is 5.92 Å². The molecule has 0 bridgehead atoms. The maximum atomic E-state index is 11.9. The van der Waals surface area contributed by atoms with Crippen molar-refractivity contribution in [3.63, 3.8) is 0 Å². The van der Waals surface area contributed by atoms with E-state index in [1.165, 1.54) is 69.8 Å². The molecule has 1 aliphatic carbocycles. The zero-order valence-corrected chi connectivity index (χ0v) is 28.7. The molecule has 4 rings (SSSR count). The van der Waals surface area contributed by atoms with Gasteiger partial charge in [-0.15, -0.1) is 0 Å². The van der Waals surface area contributed by atoms with E-state index in [1.807, 2.05) is 18.2 Å². The van der Waals surface area contributed by atoms with E-state index >= 15 is 0 Å². The van der Waals surface area contributed by atoms with Gasteiger partial charge in [0.25, 0.3) is 0 Å². The molecule has 3 aromatic carbocycles. The van der Waals surface area contributed by atoms with Crippen molar-refractivity contribution in [2.75, 3.05) is 26.8 Å². The molecule has 8 nitrogen and oxygen atoms in total. The van der Waals surface area contributed by atoms with Gasteiger partial charge in [0.05, 0.1) is 24.4 Å². The fourth-order valence-electron chi connectivity index (χ4n) is 6.17. The Labute approximate surface area is 290 Å². The van der Waals surface area contributed by atoms with Crippen LogP contribution in [-0.4, -0.2) is 49.0 Å². The lowest BCUT2D eigenvalue weighted by molar-refractivity contribution is -0.147. The molecule has 8 heteroatoms. The third-order valence-corrected chi connectivity index (χ3v) is 9.21. The number of benzene rings is 3. The SMILES string of the molecule is C=C(CO)C(=O)OCOc1ccc(-c2ccc(-c3ccc(C4CCC(CCCCCCC)CC4)cc3)cc2)cc1OCOC(=O)C(=C)CO. The van der Waals surface area contributed by atoms with Crippen LogP contribution < -0.4 is 9.47 Å². The number of hydrogen-bond acceptors (Lipinski definition) is 8. The summed E-state index contributed by atoms with van der Waals surface area (Å²) in [6.07, 6.45) is 13.5. The highest BCUT2D eigenvalue weighted by atomic mass is 16.7. The highest BCUT2D eigenvalue weighted by Gasteiger charge is 2.22. The third kappa shape index (κ3) is 11.3. The highest BCUT2D eigenvalue weighted by Crippen LogP contribution is 2.39. The minimum absolute atomic E-state index is 0.105. The van der Waals surface area contributed by atoms with Crippen molar-refractivity contribution >= 4 is 11.9 Å². The van der Waals surface area contributed by atoms with E-state index in [9.17, 15) is 9.59 Å². The van der Waals surface area contributed by atoms with Crippen molar-refractivity contribution in [1.82, 2.24) is 0 Å². The summed E-state index contributed by atoms with van der Waals surface area (Å²) in [5.74, 6) is 0.434. The lowest BCUT2D eigenvalue weighted by atomic mass is 9.77. The maximum absolute atomic E-state index is 11.9. The van der Waals surface area contributed by atoms with Gasteiger partial charge in [-0.05, 0) is 77.5 Å². The monoisotopic (exact) mass is 670 g/mol. The molecule has 0 radical (unpaired) electrons. The predicted octanol–water partition coefficient (Wildman–Crippen LogP) is 8.51. The zero-order chi connectivity index (χ0) is 35.0. The molecule has 0 spiro atoms. The Morgan fingerprint density at radius 2 is 1.14 bits per heavy atom. The van der Waals surface area contributed by atoms with Crippen LogP contribution in [-0.2, 0) is 19.1 Å². The van der Waals surface area contributed by atoms with Gasteiger partial charge >= 0.3 is 11.9 Å². The van der Waals surface area contributed by atoms with Crippen LogP contribution in [0.1, 0.15) is 82.6 Å². The Kier molecular flexibility index (Phi) is 14.9. The molecular formula is C41H50O8. The molecule has 1 aliphatic rings. The first-order valence-corrected chi connectivity index (χ1v) is 17.3. The zero-order valence-electron chi connectivity index (χ0n) is 28.7. The predicted molar refractivity (Wildman–Crippen MR) is 191 cm³/mol. The highest BCUT2D eigenvalue weighted by molar-refractivity contribution is 5.88. The average Bonchev–Trinajstić information content (AvgIpc) is 3.14. The van der Waals surface area contributed by atoms with Gasteiger partial charge in [0, 0.05) is 0 Å². The molecule has 2 N–H and O–H groups in total. The second kappa shape index (κ2) is 19.6. The molecule has 49 heavy (non-hydrogen) atoms. The summed E-state index contributed by atoms with van der Waals surface area (Å²) in [5, 5.41) is 18.2. The number of ether oxygens (including phenoxy) is 4.